The number of anilines is 1. The first-order chi connectivity index (χ1) is 16.6. The van der Waals surface area contributed by atoms with Crippen molar-refractivity contribution in [3.8, 4) is 22.3 Å². The summed E-state index contributed by atoms with van der Waals surface area (Å²) in [6.45, 7) is 7.98. The van der Waals surface area contributed by atoms with Crippen LogP contribution >= 0.6 is 0 Å². The lowest BCUT2D eigenvalue weighted by Crippen LogP contribution is -2.38. The van der Waals surface area contributed by atoms with Gasteiger partial charge in [-0.25, -0.2) is 8.42 Å². The summed E-state index contributed by atoms with van der Waals surface area (Å²) in [7, 11) is -3.64. The van der Waals surface area contributed by atoms with Crippen LogP contribution in [0, 0.1) is 20.8 Å². The summed E-state index contributed by atoms with van der Waals surface area (Å²) in [5, 5.41) is 9.82. The highest BCUT2D eigenvalue weighted by Gasteiger charge is 2.39. The minimum Gasteiger partial charge on any atom is -0.481 e. The molecule has 0 unspecified atom stereocenters. The maximum atomic E-state index is 13.3. The van der Waals surface area contributed by atoms with E-state index in [0.29, 0.717) is 23.2 Å². The fourth-order valence-electron chi connectivity index (χ4n) is 5.50. The molecular formula is C29H33NO4S. The minimum atomic E-state index is -3.64. The number of aliphatic carboxylic acids is 1. The van der Waals surface area contributed by atoms with Crippen LogP contribution in [0.4, 0.5) is 5.69 Å². The first-order valence-electron chi connectivity index (χ1n) is 12.1. The minimum absolute atomic E-state index is 0.179. The fraction of sp³-hybridized carbons (Fsp3) is 0.345. The predicted molar refractivity (Wildman–Crippen MR) is 142 cm³/mol. The molecule has 0 saturated heterocycles. The van der Waals surface area contributed by atoms with E-state index in [1.54, 1.807) is 4.31 Å². The van der Waals surface area contributed by atoms with Gasteiger partial charge in [0.2, 0.25) is 10.0 Å². The van der Waals surface area contributed by atoms with Gasteiger partial charge in [-0.15, -0.1) is 0 Å². The molecule has 1 aliphatic heterocycles. The van der Waals surface area contributed by atoms with E-state index in [-0.39, 0.29) is 12.5 Å². The molecule has 0 amide bonds. The number of carbonyl (C=O) groups is 1. The molecule has 1 heterocycles. The third-order valence-electron chi connectivity index (χ3n) is 7.05. The Morgan fingerprint density at radius 2 is 1.63 bits per heavy atom. The molecule has 1 atom stereocenters. The normalized spacial score (nSPS) is 15.0. The van der Waals surface area contributed by atoms with Crippen molar-refractivity contribution in [1.82, 2.24) is 0 Å². The summed E-state index contributed by atoms with van der Waals surface area (Å²) in [4.78, 5) is 12.0. The van der Waals surface area contributed by atoms with Gasteiger partial charge in [-0.2, -0.15) is 0 Å². The van der Waals surface area contributed by atoms with Crippen molar-refractivity contribution >= 4 is 21.7 Å². The number of aryl methyl sites for hydroxylation is 1. The van der Waals surface area contributed by atoms with Crippen LogP contribution in [0.1, 0.15) is 60.0 Å². The second kappa shape index (κ2) is 9.50. The van der Waals surface area contributed by atoms with E-state index in [4.69, 9.17) is 0 Å². The van der Waals surface area contributed by atoms with Crippen LogP contribution in [0.15, 0.2) is 48.5 Å². The number of sulfonamides is 1. The number of hydrogen-bond acceptors (Lipinski definition) is 3. The zero-order chi connectivity index (χ0) is 25.5. The first-order valence-corrected chi connectivity index (χ1v) is 13.9. The number of nitrogens with zero attached hydrogens (tertiary/aromatic N) is 1. The Morgan fingerprint density at radius 1 is 0.971 bits per heavy atom. The second-order valence-electron chi connectivity index (χ2n) is 9.57. The number of rotatable bonds is 7. The van der Waals surface area contributed by atoms with E-state index in [0.717, 1.165) is 51.8 Å². The van der Waals surface area contributed by atoms with Crippen molar-refractivity contribution in [2.75, 3.05) is 10.6 Å². The lowest BCUT2D eigenvalue weighted by Gasteiger charge is -2.41. The Kier molecular flexibility index (Phi) is 6.78. The van der Waals surface area contributed by atoms with Crippen molar-refractivity contribution in [3.63, 3.8) is 0 Å². The molecule has 184 valence electrons. The summed E-state index contributed by atoms with van der Waals surface area (Å²) in [6.07, 6.45) is 3.62. The largest absolute Gasteiger partial charge is 0.481 e. The van der Waals surface area contributed by atoms with E-state index in [1.165, 1.54) is 6.26 Å². The van der Waals surface area contributed by atoms with E-state index in [9.17, 15) is 18.3 Å². The number of fused-ring (bicyclic) bond motifs is 3. The van der Waals surface area contributed by atoms with Gasteiger partial charge in [-0.05, 0) is 66.1 Å². The second-order valence-corrected chi connectivity index (χ2v) is 11.4. The van der Waals surface area contributed by atoms with Gasteiger partial charge in [-0.3, -0.25) is 9.10 Å². The molecule has 35 heavy (non-hydrogen) atoms. The van der Waals surface area contributed by atoms with Crippen LogP contribution in [0.3, 0.4) is 0 Å². The van der Waals surface area contributed by atoms with E-state index in [2.05, 4.69) is 13.0 Å². The summed E-state index contributed by atoms with van der Waals surface area (Å²) >= 11 is 0. The van der Waals surface area contributed by atoms with Crippen LogP contribution in [0.2, 0.25) is 0 Å². The number of unbranched alkanes of at least 4 members (excludes halogenated alkanes) is 1. The monoisotopic (exact) mass is 491 g/mol. The van der Waals surface area contributed by atoms with Gasteiger partial charge in [0, 0.05) is 5.56 Å². The lowest BCUT2D eigenvalue weighted by atomic mass is 9.79. The third kappa shape index (κ3) is 4.47. The zero-order valence-electron chi connectivity index (χ0n) is 21.1. The Bertz CT molecular complexity index is 1390. The number of hydrogen-bond donors (Lipinski definition) is 1. The Balaban J connectivity index is 2.15. The molecule has 4 rings (SSSR count). The molecule has 3 aromatic carbocycles. The molecule has 0 aliphatic carbocycles. The molecule has 0 spiro atoms. The molecule has 1 aliphatic rings. The Morgan fingerprint density at radius 3 is 2.23 bits per heavy atom. The van der Waals surface area contributed by atoms with Crippen LogP contribution in [-0.2, 0) is 21.2 Å². The highest BCUT2D eigenvalue weighted by molar-refractivity contribution is 7.92. The smallest absolute Gasteiger partial charge is 0.307 e. The summed E-state index contributed by atoms with van der Waals surface area (Å²) in [5.74, 6) is -0.939. The molecule has 0 fully saturated rings. The van der Waals surface area contributed by atoms with Gasteiger partial charge in [0.1, 0.15) is 0 Å². The average Bonchev–Trinajstić information content (AvgIpc) is 2.80. The van der Waals surface area contributed by atoms with Crippen LogP contribution < -0.4 is 4.31 Å². The molecular weight excluding hydrogens is 458 g/mol. The molecule has 0 saturated carbocycles. The van der Waals surface area contributed by atoms with Crippen molar-refractivity contribution in [1.29, 1.82) is 0 Å². The highest BCUT2D eigenvalue weighted by atomic mass is 32.2. The summed E-state index contributed by atoms with van der Waals surface area (Å²) in [6, 6.07) is 15.8. The quantitative estimate of drug-likeness (QED) is 0.405. The molecule has 0 aromatic heterocycles. The molecule has 3 aromatic rings. The van der Waals surface area contributed by atoms with Crippen molar-refractivity contribution in [2.45, 2.75) is 59.4 Å². The van der Waals surface area contributed by atoms with E-state index < -0.39 is 16.0 Å². The van der Waals surface area contributed by atoms with Crippen LogP contribution in [-0.4, -0.2) is 25.7 Å². The molecule has 5 nitrogen and oxygen atoms in total. The average molecular weight is 492 g/mol. The summed E-state index contributed by atoms with van der Waals surface area (Å²) in [5.41, 5.74) is 8.74. The van der Waals surface area contributed by atoms with Gasteiger partial charge in [0.15, 0.2) is 0 Å². The number of benzene rings is 3. The first kappa shape index (κ1) is 25.0. The fourth-order valence-corrected chi connectivity index (χ4v) is 6.74. The van der Waals surface area contributed by atoms with E-state index in [1.807, 2.05) is 63.2 Å². The van der Waals surface area contributed by atoms with Crippen LogP contribution in [0.25, 0.3) is 22.3 Å². The van der Waals surface area contributed by atoms with Crippen molar-refractivity contribution < 1.29 is 18.3 Å². The van der Waals surface area contributed by atoms with E-state index >= 15 is 0 Å². The van der Waals surface area contributed by atoms with Crippen molar-refractivity contribution in [2.24, 2.45) is 0 Å². The summed E-state index contributed by atoms with van der Waals surface area (Å²) < 4.78 is 28.2. The topological polar surface area (TPSA) is 74.7 Å². The zero-order valence-corrected chi connectivity index (χ0v) is 21.9. The van der Waals surface area contributed by atoms with Crippen LogP contribution in [0.5, 0.6) is 0 Å². The van der Waals surface area contributed by atoms with Gasteiger partial charge in [0.05, 0.1) is 24.4 Å². The van der Waals surface area contributed by atoms with Gasteiger partial charge >= 0.3 is 5.97 Å². The maximum Gasteiger partial charge on any atom is 0.307 e. The third-order valence-corrected chi connectivity index (χ3v) is 8.20. The molecule has 0 radical (unpaired) electrons. The Labute approximate surface area is 208 Å². The lowest BCUT2D eigenvalue weighted by molar-refractivity contribution is -0.136. The maximum absolute atomic E-state index is 13.3. The van der Waals surface area contributed by atoms with Gasteiger partial charge < -0.3 is 5.11 Å². The molecule has 0 bridgehead atoms. The SMILES string of the molecule is CCCC[C@H]1c2ccccc2-c2c(C)c(-c3ccc(C)cc3)c(CC(=O)O)c(C)c2N1S(C)(=O)=O. The highest BCUT2D eigenvalue weighted by Crippen LogP contribution is 2.53. The van der Waals surface area contributed by atoms with Gasteiger partial charge in [-0.1, -0.05) is 73.9 Å². The van der Waals surface area contributed by atoms with Crippen molar-refractivity contribution in [3.05, 3.63) is 76.3 Å². The molecule has 1 N–H and O–H groups in total. The standard InChI is InChI=1S/C29H33NO4S/c1-6-7-12-25-22-10-8-9-11-23(22)28-20(4)27(21-15-13-18(2)14-16-21)24(17-26(31)32)19(3)29(28)30(25)35(5,33)34/h8-11,13-16,25H,6-7,12,17H2,1-5H3,(H,31,32)/t25-/m0/s1. The number of carboxylic acid groups (broad SMARTS) is 1. The van der Waals surface area contributed by atoms with Gasteiger partial charge in [0.25, 0.3) is 0 Å². The molecule has 6 heteroatoms. The number of carboxylic acids is 1. The Hall–Kier alpha value is -3.12. The predicted octanol–water partition coefficient (Wildman–Crippen LogP) is 6.58.